The van der Waals surface area contributed by atoms with Gasteiger partial charge in [-0.25, -0.2) is 4.98 Å². The van der Waals surface area contributed by atoms with Crippen LogP contribution in [0.1, 0.15) is 11.3 Å². The molecule has 0 aromatic carbocycles. The van der Waals surface area contributed by atoms with Gasteiger partial charge in [0.2, 0.25) is 0 Å². The van der Waals surface area contributed by atoms with Crippen LogP contribution >= 0.6 is 11.6 Å². The lowest BCUT2D eigenvalue weighted by Gasteiger charge is -2.32. The fourth-order valence-electron chi connectivity index (χ4n) is 2.65. The van der Waals surface area contributed by atoms with Crippen molar-refractivity contribution in [2.24, 2.45) is 7.05 Å². The number of halogens is 1. The summed E-state index contributed by atoms with van der Waals surface area (Å²) in [5, 5.41) is 9.20. The molecule has 1 aliphatic rings. The summed E-state index contributed by atoms with van der Waals surface area (Å²) in [6.07, 6.45) is 3.38. The van der Waals surface area contributed by atoms with E-state index in [1.807, 2.05) is 14.0 Å². The summed E-state index contributed by atoms with van der Waals surface area (Å²) in [5.41, 5.74) is 2.09. The third kappa shape index (κ3) is 3.25. The quantitative estimate of drug-likeness (QED) is 0.839. The zero-order chi connectivity index (χ0) is 14.8. The Morgan fingerprint density at radius 1 is 1.48 bits per heavy atom. The first-order chi connectivity index (χ1) is 10.1. The molecule has 2 aromatic rings. The van der Waals surface area contributed by atoms with Crippen LogP contribution in [0.3, 0.4) is 0 Å². The van der Waals surface area contributed by atoms with Crippen molar-refractivity contribution in [3.63, 3.8) is 0 Å². The van der Waals surface area contributed by atoms with E-state index in [4.69, 9.17) is 16.3 Å². The first-order valence-corrected chi connectivity index (χ1v) is 7.35. The van der Waals surface area contributed by atoms with Crippen molar-refractivity contribution < 1.29 is 4.74 Å². The van der Waals surface area contributed by atoms with E-state index in [2.05, 4.69) is 20.1 Å². The highest BCUT2D eigenvalue weighted by molar-refractivity contribution is 6.30. The Morgan fingerprint density at radius 3 is 3.00 bits per heavy atom. The number of nitrogens with zero attached hydrogens (tertiary/aromatic N) is 6. The lowest BCUT2D eigenvalue weighted by molar-refractivity contribution is -0.0403. The van der Waals surface area contributed by atoms with Crippen molar-refractivity contribution >= 4 is 11.6 Å². The van der Waals surface area contributed by atoms with Crippen LogP contribution in [0.2, 0.25) is 5.15 Å². The largest absolute Gasteiger partial charge is 0.374 e. The van der Waals surface area contributed by atoms with Crippen molar-refractivity contribution in [3.8, 4) is 0 Å². The molecule has 7 nitrogen and oxygen atoms in total. The van der Waals surface area contributed by atoms with Gasteiger partial charge < -0.3 is 4.74 Å². The highest BCUT2D eigenvalue weighted by atomic mass is 35.5. The second-order valence-electron chi connectivity index (χ2n) is 5.32. The fraction of sp³-hybridized carbons (Fsp3) is 0.615. The summed E-state index contributed by atoms with van der Waals surface area (Å²) in [5.74, 6) is 0. The predicted molar refractivity (Wildman–Crippen MR) is 78.0 cm³/mol. The van der Waals surface area contributed by atoms with Gasteiger partial charge in [0, 0.05) is 32.2 Å². The number of hydrogen-bond acceptors (Lipinski definition) is 5. The molecule has 1 unspecified atom stereocenters. The number of aryl methyl sites for hydroxylation is 2. The van der Waals surface area contributed by atoms with Gasteiger partial charge in [-0.15, -0.1) is 0 Å². The Labute approximate surface area is 128 Å². The minimum atomic E-state index is 0.121. The van der Waals surface area contributed by atoms with E-state index in [0.717, 1.165) is 44.0 Å². The maximum absolute atomic E-state index is 6.30. The number of hydrogen-bond donors (Lipinski definition) is 0. The summed E-state index contributed by atoms with van der Waals surface area (Å²) in [6.45, 7) is 5.99. The second-order valence-corrected chi connectivity index (χ2v) is 5.68. The zero-order valence-corrected chi connectivity index (χ0v) is 13.0. The summed E-state index contributed by atoms with van der Waals surface area (Å²) < 4.78 is 9.32. The highest BCUT2D eigenvalue weighted by Gasteiger charge is 2.23. The molecule has 21 heavy (non-hydrogen) atoms. The molecule has 0 radical (unpaired) electrons. The van der Waals surface area contributed by atoms with E-state index < -0.39 is 0 Å². The third-order valence-corrected chi connectivity index (χ3v) is 4.20. The van der Waals surface area contributed by atoms with E-state index in [1.165, 1.54) is 0 Å². The van der Waals surface area contributed by atoms with Crippen molar-refractivity contribution in [2.45, 2.75) is 26.1 Å². The number of rotatable bonds is 4. The van der Waals surface area contributed by atoms with Crippen LogP contribution in [0.25, 0.3) is 0 Å². The van der Waals surface area contributed by atoms with Crippen molar-refractivity contribution in [1.29, 1.82) is 0 Å². The van der Waals surface area contributed by atoms with Gasteiger partial charge in [0.25, 0.3) is 0 Å². The van der Waals surface area contributed by atoms with Gasteiger partial charge in [0.1, 0.15) is 17.8 Å². The second kappa shape index (κ2) is 6.13. The van der Waals surface area contributed by atoms with Crippen LogP contribution in [-0.2, 0) is 24.9 Å². The molecule has 1 fully saturated rings. The lowest BCUT2D eigenvalue weighted by atomic mass is 10.2. The highest BCUT2D eigenvalue weighted by Crippen LogP contribution is 2.21. The van der Waals surface area contributed by atoms with Gasteiger partial charge in [-0.05, 0) is 6.92 Å². The minimum Gasteiger partial charge on any atom is -0.374 e. The average Bonchev–Trinajstić information content (AvgIpc) is 3.04. The summed E-state index contributed by atoms with van der Waals surface area (Å²) in [4.78, 5) is 6.30. The van der Waals surface area contributed by atoms with Gasteiger partial charge in [-0.2, -0.15) is 10.2 Å². The molecule has 0 spiro atoms. The average molecular weight is 311 g/mol. The number of morpholine rings is 1. The fourth-order valence-corrected chi connectivity index (χ4v) is 2.88. The van der Waals surface area contributed by atoms with Crippen molar-refractivity contribution in [1.82, 2.24) is 29.4 Å². The van der Waals surface area contributed by atoms with Crippen LogP contribution in [-0.4, -0.2) is 55.2 Å². The van der Waals surface area contributed by atoms with E-state index in [9.17, 15) is 0 Å². The molecule has 8 heteroatoms. The van der Waals surface area contributed by atoms with E-state index >= 15 is 0 Å². The summed E-state index contributed by atoms with van der Waals surface area (Å²) in [7, 11) is 1.87. The third-order valence-electron chi connectivity index (χ3n) is 3.73. The van der Waals surface area contributed by atoms with E-state index in [1.54, 1.807) is 22.0 Å². The molecule has 1 atom stereocenters. The molecule has 3 rings (SSSR count). The van der Waals surface area contributed by atoms with E-state index in [-0.39, 0.29) is 6.10 Å². The summed E-state index contributed by atoms with van der Waals surface area (Å²) >= 11 is 6.30. The maximum Gasteiger partial charge on any atom is 0.137 e. The molecule has 0 amide bonds. The number of ether oxygens (including phenoxy) is 1. The standard InChI is InChI=1S/C13H19ClN6O/c1-10-12(13(14)18(2)17-10)7-19-3-4-21-11(5-19)6-20-9-15-8-16-20/h8-9,11H,3-7H2,1-2H3. The first kappa shape index (κ1) is 14.5. The summed E-state index contributed by atoms with van der Waals surface area (Å²) in [6, 6.07) is 0. The van der Waals surface area contributed by atoms with Crippen LogP contribution < -0.4 is 0 Å². The molecule has 0 N–H and O–H groups in total. The molecule has 1 saturated heterocycles. The van der Waals surface area contributed by atoms with Gasteiger partial charge in [0.05, 0.1) is 24.9 Å². The van der Waals surface area contributed by atoms with Gasteiger partial charge >= 0.3 is 0 Å². The normalized spacial score (nSPS) is 20.0. The van der Waals surface area contributed by atoms with Crippen LogP contribution in [0.4, 0.5) is 0 Å². The Balaban J connectivity index is 1.63. The minimum absolute atomic E-state index is 0.121. The SMILES string of the molecule is Cc1nn(C)c(Cl)c1CN1CCOC(Cn2cncn2)C1. The Bertz CT molecular complexity index is 596. The van der Waals surface area contributed by atoms with Crippen LogP contribution in [0.15, 0.2) is 12.7 Å². The molecular formula is C13H19ClN6O. The monoisotopic (exact) mass is 310 g/mol. The topological polar surface area (TPSA) is 61.0 Å². The van der Waals surface area contributed by atoms with Crippen LogP contribution in [0.5, 0.6) is 0 Å². The Morgan fingerprint density at radius 2 is 2.33 bits per heavy atom. The first-order valence-electron chi connectivity index (χ1n) is 6.98. The molecule has 3 heterocycles. The molecule has 2 aromatic heterocycles. The molecule has 0 saturated carbocycles. The van der Waals surface area contributed by atoms with Crippen molar-refractivity contribution in [2.75, 3.05) is 19.7 Å². The lowest BCUT2D eigenvalue weighted by Crippen LogP contribution is -2.43. The van der Waals surface area contributed by atoms with Crippen molar-refractivity contribution in [3.05, 3.63) is 29.1 Å². The Hall–Kier alpha value is -1.44. The maximum atomic E-state index is 6.30. The zero-order valence-electron chi connectivity index (χ0n) is 12.2. The molecule has 1 aliphatic heterocycles. The molecule has 0 aliphatic carbocycles. The number of aromatic nitrogens is 5. The van der Waals surface area contributed by atoms with Gasteiger partial charge in [0.15, 0.2) is 0 Å². The molecular weight excluding hydrogens is 292 g/mol. The smallest absolute Gasteiger partial charge is 0.137 e. The van der Waals surface area contributed by atoms with E-state index in [0.29, 0.717) is 5.15 Å². The Kier molecular flexibility index (Phi) is 4.23. The van der Waals surface area contributed by atoms with Crippen LogP contribution in [0, 0.1) is 6.92 Å². The molecule has 0 bridgehead atoms. The van der Waals surface area contributed by atoms with Gasteiger partial charge in [-0.1, -0.05) is 11.6 Å². The predicted octanol–water partition coefficient (Wildman–Crippen LogP) is 0.874. The van der Waals surface area contributed by atoms with Gasteiger partial charge in [-0.3, -0.25) is 14.3 Å². The molecule has 114 valence electrons.